The van der Waals surface area contributed by atoms with E-state index in [9.17, 15) is 9.59 Å². The van der Waals surface area contributed by atoms with Gasteiger partial charge in [0.05, 0.1) is 10.6 Å². The second-order valence-electron chi connectivity index (χ2n) is 8.43. The minimum Gasteiger partial charge on any atom is -0.368 e. The fraction of sp³-hybridized carbons (Fsp3) is 0.417. The first-order valence-corrected chi connectivity index (χ1v) is 12.0. The Hall–Kier alpha value is -1.95. The molecule has 32 heavy (non-hydrogen) atoms. The van der Waals surface area contributed by atoms with Gasteiger partial charge in [-0.2, -0.15) is 0 Å². The summed E-state index contributed by atoms with van der Waals surface area (Å²) in [7, 11) is 0. The lowest BCUT2D eigenvalue weighted by molar-refractivity contribution is -0.137. The third-order valence-electron chi connectivity index (χ3n) is 6.40. The van der Waals surface area contributed by atoms with Crippen molar-refractivity contribution in [2.45, 2.75) is 19.8 Å². The molecule has 2 aliphatic heterocycles. The van der Waals surface area contributed by atoms with Gasteiger partial charge in [-0.25, -0.2) is 0 Å². The lowest BCUT2D eigenvalue weighted by atomic mass is 9.94. The first kappa shape index (κ1) is 23.2. The summed E-state index contributed by atoms with van der Waals surface area (Å²) in [6.07, 6.45) is 1.34. The maximum absolute atomic E-state index is 13.1. The summed E-state index contributed by atoms with van der Waals surface area (Å²) in [6.45, 7) is 6.16. The number of piperazine rings is 1. The van der Waals surface area contributed by atoms with Crippen LogP contribution in [0.3, 0.4) is 0 Å². The number of rotatable bonds is 3. The summed E-state index contributed by atoms with van der Waals surface area (Å²) in [5, 5.41) is 1.58. The normalized spacial score (nSPS) is 17.6. The van der Waals surface area contributed by atoms with Crippen LogP contribution in [0.25, 0.3) is 0 Å². The number of aryl methyl sites for hydroxylation is 1. The van der Waals surface area contributed by atoms with Crippen LogP contribution < -0.4 is 4.90 Å². The number of hydrogen-bond acceptors (Lipinski definition) is 3. The highest BCUT2D eigenvalue weighted by Crippen LogP contribution is 2.28. The van der Waals surface area contributed by atoms with Crippen LogP contribution in [0, 0.1) is 12.8 Å². The van der Waals surface area contributed by atoms with E-state index >= 15 is 0 Å². The van der Waals surface area contributed by atoms with Crippen molar-refractivity contribution in [1.29, 1.82) is 0 Å². The predicted octanol–water partition coefficient (Wildman–Crippen LogP) is 5.16. The Labute approximate surface area is 203 Å². The van der Waals surface area contributed by atoms with Crippen molar-refractivity contribution in [2.75, 3.05) is 44.2 Å². The third kappa shape index (κ3) is 5.00. The SMILES string of the molecule is Cc1ccc(Cl)cc1N1CCN(C(=O)C2CCN(C(=O)c3ccc(Cl)cc3Cl)CC2)CC1. The summed E-state index contributed by atoms with van der Waals surface area (Å²) in [6, 6.07) is 10.8. The Balaban J connectivity index is 1.30. The number of hydrogen-bond donors (Lipinski definition) is 0. The zero-order valence-corrected chi connectivity index (χ0v) is 20.3. The maximum Gasteiger partial charge on any atom is 0.255 e. The molecule has 2 aromatic rings. The first-order valence-electron chi connectivity index (χ1n) is 10.9. The molecule has 0 aliphatic carbocycles. The molecule has 2 fully saturated rings. The second-order valence-corrected chi connectivity index (χ2v) is 9.71. The lowest BCUT2D eigenvalue weighted by Gasteiger charge is -2.39. The molecule has 0 radical (unpaired) electrons. The molecule has 0 aromatic heterocycles. The zero-order valence-electron chi connectivity index (χ0n) is 18.0. The van der Waals surface area contributed by atoms with Gasteiger partial charge in [0.15, 0.2) is 0 Å². The summed E-state index contributed by atoms with van der Waals surface area (Å²) in [5.41, 5.74) is 2.78. The quantitative estimate of drug-likeness (QED) is 0.592. The van der Waals surface area contributed by atoms with Gasteiger partial charge in [0, 0.05) is 60.9 Å². The van der Waals surface area contributed by atoms with Crippen LogP contribution in [0.5, 0.6) is 0 Å². The van der Waals surface area contributed by atoms with Crippen molar-refractivity contribution >= 4 is 52.3 Å². The lowest BCUT2D eigenvalue weighted by Crippen LogP contribution is -2.52. The third-order valence-corrected chi connectivity index (χ3v) is 7.18. The van der Waals surface area contributed by atoms with Crippen molar-refractivity contribution in [3.05, 3.63) is 62.6 Å². The Kier molecular flexibility index (Phi) is 7.18. The second kappa shape index (κ2) is 9.90. The number of nitrogens with zero attached hydrogens (tertiary/aromatic N) is 3. The van der Waals surface area contributed by atoms with Gasteiger partial charge in [0.2, 0.25) is 5.91 Å². The van der Waals surface area contributed by atoms with E-state index in [1.54, 1.807) is 23.1 Å². The molecule has 170 valence electrons. The molecule has 2 aliphatic rings. The van der Waals surface area contributed by atoms with Crippen LogP contribution in [-0.4, -0.2) is 60.9 Å². The molecule has 0 saturated carbocycles. The average Bonchev–Trinajstić information content (AvgIpc) is 2.80. The van der Waals surface area contributed by atoms with Crippen LogP contribution in [0.2, 0.25) is 15.1 Å². The van der Waals surface area contributed by atoms with Gasteiger partial charge in [-0.15, -0.1) is 0 Å². The van der Waals surface area contributed by atoms with E-state index in [1.807, 2.05) is 23.1 Å². The van der Waals surface area contributed by atoms with E-state index < -0.39 is 0 Å². The molecular weight excluding hydrogens is 469 g/mol. The topological polar surface area (TPSA) is 43.9 Å². The van der Waals surface area contributed by atoms with Crippen molar-refractivity contribution < 1.29 is 9.59 Å². The van der Waals surface area contributed by atoms with Crippen LogP contribution >= 0.6 is 34.8 Å². The van der Waals surface area contributed by atoms with E-state index in [1.165, 1.54) is 5.56 Å². The first-order chi connectivity index (χ1) is 15.3. The molecule has 0 bridgehead atoms. The zero-order chi connectivity index (χ0) is 22.8. The summed E-state index contributed by atoms with van der Waals surface area (Å²) in [5.74, 6) is 0.0476. The van der Waals surface area contributed by atoms with Crippen molar-refractivity contribution in [1.82, 2.24) is 9.80 Å². The molecule has 4 rings (SSSR count). The highest BCUT2D eigenvalue weighted by molar-refractivity contribution is 6.36. The van der Waals surface area contributed by atoms with Gasteiger partial charge in [-0.1, -0.05) is 40.9 Å². The molecule has 5 nitrogen and oxygen atoms in total. The van der Waals surface area contributed by atoms with Gasteiger partial charge in [-0.05, 0) is 55.7 Å². The molecule has 2 aromatic carbocycles. The Morgan fingerprint density at radius 2 is 1.44 bits per heavy atom. The molecule has 0 unspecified atom stereocenters. The molecule has 0 atom stereocenters. The molecule has 2 saturated heterocycles. The maximum atomic E-state index is 13.1. The Bertz CT molecular complexity index is 1010. The minimum atomic E-state index is -0.108. The fourth-order valence-corrected chi connectivity index (χ4v) is 5.17. The molecule has 0 N–H and O–H groups in total. The summed E-state index contributed by atoms with van der Waals surface area (Å²) in [4.78, 5) is 32.0. The number of carbonyl (C=O) groups excluding carboxylic acids is 2. The smallest absolute Gasteiger partial charge is 0.255 e. The number of likely N-dealkylation sites (tertiary alicyclic amines) is 1. The Morgan fingerprint density at radius 1 is 0.812 bits per heavy atom. The summed E-state index contributed by atoms with van der Waals surface area (Å²) < 4.78 is 0. The van der Waals surface area contributed by atoms with E-state index in [0.717, 1.165) is 23.8 Å². The van der Waals surface area contributed by atoms with E-state index in [-0.39, 0.29) is 17.7 Å². The van der Waals surface area contributed by atoms with Crippen molar-refractivity contribution in [2.24, 2.45) is 5.92 Å². The molecule has 2 heterocycles. The van der Waals surface area contributed by atoms with Crippen LogP contribution in [0.15, 0.2) is 36.4 Å². The van der Waals surface area contributed by atoms with Gasteiger partial charge >= 0.3 is 0 Å². The van der Waals surface area contributed by atoms with Gasteiger partial charge in [0.1, 0.15) is 0 Å². The molecule has 0 spiro atoms. The number of anilines is 1. The predicted molar refractivity (Wildman–Crippen MR) is 130 cm³/mol. The largest absolute Gasteiger partial charge is 0.368 e. The van der Waals surface area contributed by atoms with Crippen molar-refractivity contribution in [3.8, 4) is 0 Å². The monoisotopic (exact) mass is 493 g/mol. The van der Waals surface area contributed by atoms with Crippen LogP contribution in [0.1, 0.15) is 28.8 Å². The van der Waals surface area contributed by atoms with Gasteiger partial charge < -0.3 is 14.7 Å². The number of benzene rings is 2. The molecule has 8 heteroatoms. The van der Waals surface area contributed by atoms with Crippen LogP contribution in [0.4, 0.5) is 5.69 Å². The van der Waals surface area contributed by atoms with E-state index in [4.69, 9.17) is 34.8 Å². The van der Waals surface area contributed by atoms with Gasteiger partial charge in [-0.3, -0.25) is 9.59 Å². The number of carbonyl (C=O) groups is 2. The fourth-order valence-electron chi connectivity index (χ4n) is 4.51. The summed E-state index contributed by atoms with van der Waals surface area (Å²) >= 11 is 18.3. The average molecular weight is 495 g/mol. The number of amides is 2. The molecule has 2 amide bonds. The minimum absolute atomic E-state index is 0.0424. The molecular formula is C24H26Cl3N3O2. The standard InChI is InChI=1S/C24H26Cl3N3O2/c1-16-2-3-19(26)15-22(16)28-10-12-30(13-11-28)23(31)17-6-8-29(9-7-17)24(32)20-5-4-18(25)14-21(20)27/h2-5,14-15,17H,6-13H2,1H3. The highest BCUT2D eigenvalue weighted by atomic mass is 35.5. The number of piperidine rings is 1. The number of halogens is 3. The van der Waals surface area contributed by atoms with Gasteiger partial charge in [0.25, 0.3) is 5.91 Å². The van der Waals surface area contributed by atoms with E-state index in [0.29, 0.717) is 54.6 Å². The Morgan fingerprint density at radius 3 is 2.09 bits per heavy atom. The van der Waals surface area contributed by atoms with Crippen molar-refractivity contribution in [3.63, 3.8) is 0 Å². The van der Waals surface area contributed by atoms with E-state index in [2.05, 4.69) is 11.8 Å². The van der Waals surface area contributed by atoms with Crippen LogP contribution in [-0.2, 0) is 4.79 Å². The highest BCUT2D eigenvalue weighted by Gasteiger charge is 2.32.